The van der Waals surface area contributed by atoms with E-state index in [2.05, 4.69) is 29.1 Å². The second kappa shape index (κ2) is 6.27. The van der Waals surface area contributed by atoms with Gasteiger partial charge in [0, 0.05) is 37.4 Å². The monoisotopic (exact) mass is 249 g/mol. The second-order valence-corrected chi connectivity index (χ2v) is 5.11. The molecule has 0 aliphatic carbocycles. The molecule has 18 heavy (non-hydrogen) atoms. The number of hydrogen-bond acceptors (Lipinski definition) is 4. The molecular weight excluding hydrogens is 226 g/mol. The Balaban J connectivity index is 1.98. The van der Waals surface area contributed by atoms with Crippen molar-refractivity contribution in [3.63, 3.8) is 0 Å². The Morgan fingerprint density at radius 2 is 2.39 bits per heavy atom. The largest absolute Gasteiger partial charge is 0.381 e. The predicted octanol–water partition coefficient (Wildman–Crippen LogP) is 1.19. The molecule has 2 N–H and O–H groups in total. The summed E-state index contributed by atoms with van der Waals surface area (Å²) in [6, 6.07) is 6.54. The van der Waals surface area contributed by atoms with E-state index < -0.39 is 0 Å². The summed E-state index contributed by atoms with van der Waals surface area (Å²) in [4.78, 5) is 6.85. The maximum atomic E-state index is 5.92. The van der Waals surface area contributed by atoms with E-state index in [9.17, 15) is 0 Å². The van der Waals surface area contributed by atoms with E-state index in [-0.39, 0.29) is 0 Å². The average Bonchev–Trinajstić information content (AvgIpc) is 2.83. The summed E-state index contributed by atoms with van der Waals surface area (Å²) >= 11 is 0. The predicted molar refractivity (Wildman–Crippen MR) is 72.2 cm³/mol. The van der Waals surface area contributed by atoms with Crippen LogP contribution < -0.4 is 5.73 Å². The summed E-state index contributed by atoms with van der Waals surface area (Å²) in [5.74, 6) is 0.560. The normalized spacial score (nSPS) is 21.4. The van der Waals surface area contributed by atoms with Crippen LogP contribution in [0.1, 0.15) is 17.8 Å². The number of likely N-dealkylation sites (N-methyl/N-ethyl adjacent to an activating group) is 1. The van der Waals surface area contributed by atoms with Crippen LogP contribution in [0.25, 0.3) is 0 Å². The van der Waals surface area contributed by atoms with E-state index in [1.54, 1.807) is 0 Å². The standard InChI is InChI=1S/C14H23N3O/c1-11-4-3-5-13(16-11)9-17(2)14(8-15)12-6-7-18-10-12/h3-5,12,14H,6-10,15H2,1-2H3. The van der Waals surface area contributed by atoms with Crippen LogP contribution in [0.2, 0.25) is 0 Å². The third-order valence-electron chi connectivity index (χ3n) is 3.67. The van der Waals surface area contributed by atoms with Crippen molar-refractivity contribution in [3.05, 3.63) is 29.6 Å². The summed E-state index contributed by atoms with van der Waals surface area (Å²) in [5.41, 5.74) is 8.09. The van der Waals surface area contributed by atoms with E-state index in [1.807, 2.05) is 13.0 Å². The number of aromatic nitrogens is 1. The van der Waals surface area contributed by atoms with Crippen molar-refractivity contribution in [3.8, 4) is 0 Å². The summed E-state index contributed by atoms with van der Waals surface area (Å²) in [6.45, 7) is 5.26. The van der Waals surface area contributed by atoms with Crippen molar-refractivity contribution in [1.82, 2.24) is 9.88 Å². The molecule has 2 atom stereocenters. The molecule has 2 rings (SSSR count). The lowest BCUT2D eigenvalue weighted by molar-refractivity contribution is 0.135. The molecule has 1 aliphatic rings. The lowest BCUT2D eigenvalue weighted by Crippen LogP contribution is -2.43. The molecule has 0 saturated carbocycles. The van der Waals surface area contributed by atoms with Crippen LogP contribution in [0, 0.1) is 12.8 Å². The Morgan fingerprint density at radius 1 is 1.56 bits per heavy atom. The second-order valence-electron chi connectivity index (χ2n) is 5.11. The van der Waals surface area contributed by atoms with Crippen molar-refractivity contribution in [2.24, 2.45) is 11.7 Å². The summed E-state index contributed by atoms with van der Waals surface area (Å²) < 4.78 is 5.46. The highest BCUT2D eigenvalue weighted by Gasteiger charge is 2.27. The van der Waals surface area contributed by atoms with Crippen LogP contribution in [0.5, 0.6) is 0 Å². The smallest absolute Gasteiger partial charge is 0.0547 e. The fraction of sp³-hybridized carbons (Fsp3) is 0.643. The minimum absolute atomic E-state index is 0.384. The molecule has 4 nitrogen and oxygen atoms in total. The van der Waals surface area contributed by atoms with Gasteiger partial charge in [-0.15, -0.1) is 0 Å². The van der Waals surface area contributed by atoms with Gasteiger partial charge in [0.25, 0.3) is 0 Å². The quantitative estimate of drug-likeness (QED) is 0.851. The van der Waals surface area contributed by atoms with Crippen molar-refractivity contribution < 1.29 is 4.74 Å². The number of hydrogen-bond donors (Lipinski definition) is 1. The fourth-order valence-corrected chi connectivity index (χ4v) is 2.65. The topological polar surface area (TPSA) is 51.4 Å². The van der Waals surface area contributed by atoms with Gasteiger partial charge in [0.2, 0.25) is 0 Å². The van der Waals surface area contributed by atoms with Crippen LogP contribution in [0.15, 0.2) is 18.2 Å². The highest BCUT2D eigenvalue weighted by molar-refractivity contribution is 5.10. The summed E-state index contributed by atoms with van der Waals surface area (Å²) in [6.07, 6.45) is 1.12. The van der Waals surface area contributed by atoms with Crippen LogP contribution in [0.4, 0.5) is 0 Å². The lowest BCUT2D eigenvalue weighted by Gasteiger charge is -2.30. The van der Waals surface area contributed by atoms with Gasteiger partial charge in [-0.3, -0.25) is 9.88 Å². The lowest BCUT2D eigenvalue weighted by atomic mass is 9.98. The van der Waals surface area contributed by atoms with Gasteiger partial charge in [-0.05, 0) is 32.5 Å². The van der Waals surface area contributed by atoms with Gasteiger partial charge in [-0.1, -0.05) is 6.07 Å². The zero-order valence-electron chi connectivity index (χ0n) is 11.3. The van der Waals surface area contributed by atoms with E-state index in [1.165, 1.54) is 0 Å². The molecule has 100 valence electrons. The SMILES string of the molecule is Cc1cccc(CN(C)C(CN)C2CCOC2)n1. The first kappa shape index (κ1) is 13.5. The Morgan fingerprint density at radius 3 is 3.00 bits per heavy atom. The number of rotatable bonds is 5. The molecule has 0 amide bonds. The maximum Gasteiger partial charge on any atom is 0.0547 e. The molecule has 0 aromatic carbocycles. The highest BCUT2D eigenvalue weighted by atomic mass is 16.5. The first-order chi connectivity index (χ1) is 8.70. The van der Waals surface area contributed by atoms with E-state index in [0.717, 1.165) is 37.6 Å². The van der Waals surface area contributed by atoms with Crippen molar-refractivity contribution >= 4 is 0 Å². The molecule has 0 spiro atoms. The van der Waals surface area contributed by atoms with Crippen molar-refractivity contribution in [2.45, 2.75) is 25.9 Å². The number of nitrogens with zero attached hydrogens (tertiary/aromatic N) is 2. The molecule has 1 aromatic heterocycles. The Hall–Kier alpha value is -0.970. The van der Waals surface area contributed by atoms with E-state index in [0.29, 0.717) is 18.5 Å². The summed E-state index contributed by atoms with van der Waals surface area (Å²) in [7, 11) is 2.12. The molecule has 0 bridgehead atoms. The zero-order valence-corrected chi connectivity index (χ0v) is 11.3. The van der Waals surface area contributed by atoms with Crippen LogP contribution in [-0.2, 0) is 11.3 Å². The molecule has 2 unspecified atom stereocenters. The minimum atomic E-state index is 0.384. The number of pyridine rings is 1. The van der Waals surface area contributed by atoms with Crippen LogP contribution in [-0.4, -0.2) is 42.7 Å². The molecule has 1 saturated heterocycles. The molecule has 4 heteroatoms. The number of aryl methyl sites for hydroxylation is 1. The maximum absolute atomic E-state index is 5.92. The van der Waals surface area contributed by atoms with Gasteiger partial charge in [0.1, 0.15) is 0 Å². The van der Waals surface area contributed by atoms with Crippen molar-refractivity contribution in [2.75, 3.05) is 26.8 Å². The first-order valence-corrected chi connectivity index (χ1v) is 6.61. The third kappa shape index (κ3) is 3.28. The average molecular weight is 249 g/mol. The van der Waals surface area contributed by atoms with Gasteiger partial charge in [-0.2, -0.15) is 0 Å². The Bertz CT molecular complexity index is 377. The van der Waals surface area contributed by atoms with E-state index >= 15 is 0 Å². The number of ether oxygens (including phenoxy) is 1. The Labute approximate surface area is 109 Å². The van der Waals surface area contributed by atoms with E-state index in [4.69, 9.17) is 10.5 Å². The third-order valence-corrected chi connectivity index (χ3v) is 3.67. The van der Waals surface area contributed by atoms with Crippen LogP contribution in [0.3, 0.4) is 0 Å². The van der Waals surface area contributed by atoms with Gasteiger partial charge < -0.3 is 10.5 Å². The van der Waals surface area contributed by atoms with Gasteiger partial charge in [0.05, 0.1) is 12.3 Å². The fourth-order valence-electron chi connectivity index (χ4n) is 2.65. The Kier molecular flexibility index (Phi) is 4.69. The van der Waals surface area contributed by atoms with Gasteiger partial charge in [0.15, 0.2) is 0 Å². The summed E-state index contributed by atoms with van der Waals surface area (Å²) in [5, 5.41) is 0. The molecule has 1 aliphatic heterocycles. The minimum Gasteiger partial charge on any atom is -0.381 e. The van der Waals surface area contributed by atoms with Gasteiger partial charge >= 0.3 is 0 Å². The van der Waals surface area contributed by atoms with Gasteiger partial charge in [-0.25, -0.2) is 0 Å². The van der Waals surface area contributed by atoms with Crippen molar-refractivity contribution in [1.29, 1.82) is 0 Å². The highest BCUT2D eigenvalue weighted by Crippen LogP contribution is 2.20. The molecule has 2 heterocycles. The molecule has 1 aromatic rings. The zero-order chi connectivity index (χ0) is 13.0. The number of nitrogens with two attached hydrogens (primary N) is 1. The molecule has 1 fully saturated rings. The molecule has 0 radical (unpaired) electrons. The van der Waals surface area contributed by atoms with Crippen LogP contribution >= 0.6 is 0 Å². The first-order valence-electron chi connectivity index (χ1n) is 6.61. The molecular formula is C14H23N3O.